The van der Waals surface area contributed by atoms with Crippen LogP contribution in [0.2, 0.25) is 0 Å². The van der Waals surface area contributed by atoms with Crippen LogP contribution in [0.25, 0.3) is 0 Å². The Morgan fingerprint density at radius 1 is 1.25 bits per heavy atom. The van der Waals surface area contributed by atoms with Crippen molar-refractivity contribution in [3.05, 3.63) is 28.8 Å². The zero-order chi connectivity index (χ0) is 26.5. The maximum absolute atomic E-state index is 13.0. The summed E-state index contributed by atoms with van der Waals surface area (Å²) in [5.41, 5.74) is 2.09. The maximum atomic E-state index is 13.0. The number of hydrogen-bond acceptors (Lipinski definition) is 9. The Morgan fingerprint density at radius 3 is 2.64 bits per heavy atom. The predicted molar refractivity (Wildman–Crippen MR) is 136 cm³/mol. The summed E-state index contributed by atoms with van der Waals surface area (Å²) in [5.74, 6) is -0.0578. The van der Waals surface area contributed by atoms with E-state index in [1.165, 1.54) is 17.0 Å². The first-order valence-electron chi connectivity index (χ1n) is 11.8. The number of sulfonamides is 1. The standard InChI is InChI=1S/C23H32N4O7S2/c1-5-16-14(4)13-27(21(16)28)22(29)24-12-15-8-9-34-18-11-19(33-7-3)20(10-17(15)18)36(31,32)26-23(30)35-25-6-2/h10-11,15,25H,5-9,12-13H2,1-4H3,(H,24,29)(H,26,30). The second kappa shape index (κ2) is 12.0. The summed E-state index contributed by atoms with van der Waals surface area (Å²) < 4.78 is 42.1. The topological polar surface area (TPSA) is 143 Å². The first kappa shape index (κ1) is 27.8. The van der Waals surface area contributed by atoms with Crippen molar-refractivity contribution in [1.29, 1.82) is 0 Å². The lowest BCUT2D eigenvalue weighted by Gasteiger charge is -2.28. The first-order valence-corrected chi connectivity index (χ1v) is 14.1. The third-order valence-corrected chi connectivity index (χ3v) is 8.07. The summed E-state index contributed by atoms with van der Waals surface area (Å²) >= 11 is 0.644. The highest BCUT2D eigenvalue weighted by Crippen LogP contribution is 2.40. The summed E-state index contributed by atoms with van der Waals surface area (Å²) in [5, 5.41) is 2.03. The van der Waals surface area contributed by atoms with Crippen LogP contribution in [0.3, 0.4) is 0 Å². The molecule has 2 aliphatic heterocycles. The molecule has 0 aliphatic carbocycles. The number of carbonyl (C=O) groups excluding carboxylic acids is 3. The number of fused-ring (bicyclic) bond motifs is 1. The maximum Gasteiger partial charge on any atom is 0.324 e. The molecule has 0 saturated carbocycles. The van der Waals surface area contributed by atoms with E-state index in [9.17, 15) is 22.8 Å². The zero-order valence-electron chi connectivity index (χ0n) is 20.8. The summed E-state index contributed by atoms with van der Waals surface area (Å²) in [4.78, 5) is 38.3. The van der Waals surface area contributed by atoms with E-state index in [4.69, 9.17) is 9.47 Å². The Balaban J connectivity index is 1.82. The van der Waals surface area contributed by atoms with Gasteiger partial charge in [-0.1, -0.05) is 13.8 Å². The van der Waals surface area contributed by atoms with E-state index < -0.39 is 21.3 Å². The van der Waals surface area contributed by atoms with Crippen molar-refractivity contribution in [3.8, 4) is 11.5 Å². The first-order chi connectivity index (χ1) is 17.1. The summed E-state index contributed by atoms with van der Waals surface area (Å²) in [6, 6.07) is 2.42. The molecule has 4 amide bonds. The number of benzene rings is 1. The van der Waals surface area contributed by atoms with E-state index in [2.05, 4.69) is 10.0 Å². The van der Waals surface area contributed by atoms with Gasteiger partial charge in [-0.15, -0.1) is 0 Å². The fraction of sp³-hybridized carbons (Fsp3) is 0.522. The van der Waals surface area contributed by atoms with E-state index in [0.29, 0.717) is 54.8 Å². The number of ether oxygens (including phenoxy) is 2. The van der Waals surface area contributed by atoms with Crippen LogP contribution in [0.5, 0.6) is 11.5 Å². The molecule has 0 bridgehead atoms. The monoisotopic (exact) mass is 540 g/mol. The molecule has 1 aromatic carbocycles. The molecular weight excluding hydrogens is 508 g/mol. The minimum atomic E-state index is -4.25. The number of amides is 4. The molecule has 3 N–H and O–H groups in total. The average Bonchev–Trinajstić information content (AvgIpc) is 3.13. The highest BCUT2D eigenvalue weighted by molar-refractivity contribution is 8.13. The van der Waals surface area contributed by atoms with Gasteiger partial charge in [0.15, 0.2) is 0 Å². The number of nitrogens with zero attached hydrogens (tertiary/aromatic N) is 1. The quantitative estimate of drug-likeness (QED) is 0.403. The van der Waals surface area contributed by atoms with Gasteiger partial charge < -0.3 is 14.8 Å². The average molecular weight is 541 g/mol. The molecule has 198 valence electrons. The minimum absolute atomic E-state index is 0.0611. The molecule has 1 unspecified atom stereocenters. The Morgan fingerprint density at radius 2 is 2.00 bits per heavy atom. The van der Waals surface area contributed by atoms with Crippen LogP contribution in [0.4, 0.5) is 9.59 Å². The number of rotatable bonds is 9. The van der Waals surface area contributed by atoms with Gasteiger partial charge in [0, 0.05) is 48.2 Å². The molecular formula is C23H32N4O7S2. The van der Waals surface area contributed by atoms with Crippen LogP contribution >= 0.6 is 11.9 Å². The Bertz CT molecular complexity index is 1170. The normalized spacial score (nSPS) is 17.5. The fourth-order valence-corrected chi connectivity index (χ4v) is 5.92. The Hall–Kier alpha value is -2.77. The highest BCUT2D eigenvalue weighted by atomic mass is 32.2. The van der Waals surface area contributed by atoms with Gasteiger partial charge in [0.05, 0.1) is 19.8 Å². The molecule has 2 aliphatic rings. The number of imide groups is 1. The predicted octanol–water partition coefficient (Wildman–Crippen LogP) is 2.89. The summed E-state index contributed by atoms with van der Waals surface area (Å²) in [7, 11) is -4.25. The van der Waals surface area contributed by atoms with E-state index in [-0.39, 0.29) is 42.2 Å². The molecule has 0 radical (unpaired) electrons. The van der Waals surface area contributed by atoms with Crippen molar-refractivity contribution < 1.29 is 32.3 Å². The lowest BCUT2D eigenvalue weighted by Crippen LogP contribution is -2.43. The van der Waals surface area contributed by atoms with Crippen molar-refractivity contribution in [2.75, 3.05) is 32.8 Å². The molecule has 13 heteroatoms. The van der Waals surface area contributed by atoms with Crippen molar-refractivity contribution in [3.63, 3.8) is 0 Å². The lowest BCUT2D eigenvalue weighted by molar-refractivity contribution is -0.123. The second-order valence-electron chi connectivity index (χ2n) is 8.29. The van der Waals surface area contributed by atoms with Crippen molar-refractivity contribution in [1.82, 2.24) is 19.7 Å². The Labute approximate surface area is 215 Å². The van der Waals surface area contributed by atoms with Crippen molar-refractivity contribution in [2.45, 2.75) is 51.3 Å². The van der Waals surface area contributed by atoms with Gasteiger partial charge in [0.2, 0.25) is 0 Å². The van der Waals surface area contributed by atoms with E-state index in [1.54, 1.807) is 13.8 Å². The number of nitrogens with one attached hydrogen (secondary N) is 3. The van der Waals surface area contributed by atoms with Crippen molar-refractivity contribution >= 4 is 39.1 Å². The molecule has 0 saturated heterocycles. The van der Waals surface area contributed by atoms with Crippen LogP contribution in [0, 0.1) is 0 Å². The van der Waals surface area contributed by atoms with Crippen LogP contribution < -0.4 is 24.2 Å². The molecule has 0 spiro atoms. The molecule has 0 fully saturated rings. The largest absolute Gasteiger partial charge is 0.493 e. The van der Waals surface area contributed by atoms with E-state index in [1.807, 2.05) is 18.6 Å². The van der Waals surface area contributed by atoms with Crippen LogP contribution in [0.15, 0.2) is 28.2 Å². The molecule has 11 nitrogen and oxygen atoms in total. The second-order valence-corrected chi connectivity index (χ2v) is 10.8. The van der Waals surface area contributed by atoms with Gasteiger partial charge in [0.25, 0.3) is 15.9 Å². The highest BCUT2D eigenvalue weighted by Gasteiger charge is 2.33. The smallest absolute Gasteiger partial charge is 0.324 e. The van der Waals surface area contributed by atoms with Gasteiger partial charge in [-0.3, -0.25) is 19.2 Å². The summed E-state index contributed by atoms with van der Waals surface area (Å²) in [6.45, 7) is 8.69. The lowest BCUT2D eigenvalue weighted by atomic mass is 9.93. The van der Waals surface area contributed by atoms with Gasteiger partial charge >= 0.3 is 11.3 Å². The number of hydrogen-bond donors (Lipinski definition) is 3. The van der Waals surface area contributed by atoms with Gasteiger partial charge in [-0.25, -0.2) is 17.9 Å². The van der Waals surface area contributed by atoms with Crippen molar-refractivity contribution in [2.24, 2.45) is 0 Å². The molecule has 1 aromatic rings. The molecule has 2 heterocycles. The van der Waals surface area contributed by atoms with Gasteiger partial charge in [-0.2, -0.15) is 0 Å². The molecule has 3 rings (SSSR count). The van der Waals surface area contributed by atoms with Crippen LogP contribution in [-0.4, -0.2) is 63.3 Å². The van der Waals surface area contributed by atoms with Gasteiger partial charge in [0.1, 0.15) is 16.4 Å². The number of urea groups is 1. The third kappa shape index (κ3) is 6.13. The molecule has 1 atom stereocenters. The number of carbonyl (C=O) groups is 3. The third-order valence-electron chi connectivity index (χ3n) is 5.87. The van der Waals surface area contributed by atoms with E-state index in [0.717, 1.165) is 5.57 Å². The zero-order valence-corrected chi connectivity index (χ0v) is 22.4. The van der Waals surface area contributed by atoms with E-state index >= 15 is 0 Å². The molecule has 0 aromatic heterocycles. The summed E-state index contributed by atoms with van der Waals surface area (Å²) in [6.07, 6.45) is 1.08. The van der Waals surface area contributed by atoms with Crippen LogP contribution in [0.1, 0.15) is 52.0 Å². The van der Waals surface area contributed by atoms with Crippen LogP contribution in [-0.2, 0) is 14.8 Å². The minimum Gasteiger partial charge on any atom is -0.493 e. The Kier molecular flexibility index (Phi) is 9.25. The fourth-order valence-electron chi connectivity index (χ4n) is 4.15. The molecule has 36 heavy (non-hydrogen) atoms. The SMILES string of the molecule is CCNSC(=O)NS(=O)(=O)c1cc2c(cc1OCC)OCCC2CNC(=O)N1CC(C)=C(CC)C1=O. The van der Waals surface area contributed by atoms with Gasteiger partial charge in [-0.05, 0) is 38.3 Å².